The van der Waals surface area contributed by atoms with Gasteiger partial charge in [-0.05, 0) is 37.3 Å². The summed E-state index contributed by atoms with van der Waals surface area (Å²) in [4.78, 5) is 8.88. The van der Waals surface area contributed by atoms with Gasteiger partial charge in [0.2, 0.25) is 0 Å². The molecule has 5 rings (SSSR count). The summed E-state index contributed by atoms with van der Waals surface area (Å²) in [5.41, 5.74) is 1.57. The standard InChI is InChI=1S/C23H16F3N5/c1-13-10-11-19-16(12-13)22(31-30-19)29-21-15-7-3-5-9-18(15)27-20(28-21)14-6-2-4-8-17(14)23(24,25)26/h2-12H,1H3,(H2,27,28,29,30,31). The van der Waals surface area contributed by atoms with Crippen molar-refractivity contribution in [2.45, 2.75) is 13.1 Å². The molecule has 0 amide bonds. The highest BCUT2D eigenvalue weighted by atomic mass is 19.4. The maximum atomic E-state index is 13.6. The van der Waals surface area contributed by atoms with Crippen LogP contribution in [0.2, 0.25) is 0 Å². The quantitative estimate of drug-likeness (QED) is 0.363. The van der Waals surface area contributed by atoms with E-state index in [0.717, 1.165) is 22.5 Å². The van der Waals surface area contributed by atoms with Crippen LogP contribution < -0.4 is 5.32 Å². The molecule has 0 bridgehead atoms. The largest absolute Gasteiger partial charge is 0.417 e. The third-order valence-corrected chi connectivity index (χ3v) is 5.03. The van der Waals surface area contributed by atoms with E-state index in [2.05, 4.69) is 25.5 Å². The first-order valence-electron chi connectivity index (χ1n) is 9.55. The third-order valence-electron chi connectivity index (χ3n) is 5.03. The number of nitrogens with one attached hydrogen (secondary N) is 2. The minimum absolute atomic E-state index is 0.00912. The number of benzene rings is 3. The minimum Gasteiger partial charge on any atom is -0.322 e. The van der Waals surface area contributed by atoms with Crippen molar-refractivity contribution in [2.24, 2.45) is 0 Å². The van der Waals surface area contributed by atoms with Gasteiger partial charge in [0, 0.05) is 16.3 Å². The van der Waals surface area contributed by atoms with Crippen molar-refractivity contribution in [2.75, 3.05) is 5.32 Å². The maximum Gasteiger partial charge on any atom is 0.417 e. The van der Waals surface area contributed by atoms with Crippen molar-refractivity contribution < 1.29 is 13.2 Å². The summed E-state index contributed by atoms with van der Waals surface area (Å²) in [6.45, 7) is 1.97. The van der Waals surface area contributed by atoms with Gasteiger partial charge in [0.05, 0.1) is 16.6 Å². The first-order valence-corrected chi connectivity index (χ1v) is 9.55. The highest BCUT2D eigenvalue weighted by molar-refractivity contribution is 5.97. The second-order valence-electron chi connectivity index (χ2n) is 7.20. The number of rotatable bonds is 3. The number of halogens is 3. The number of aryl methyl sites for hydroxylation is 1. The lowest BCUT2D eigenvalue weighted by molar-refractivity contribution is -0.137. The van der Waals surface area contributed by atoms with Gasteiger partial charge in [0.1, 0.15) is 5.82 Å². The fraction of sp³-hybridized carbons (Fsp3) is 0.0870. The van der Waals surface area contributed by atoms with Crippen LogP contribution in [-0.4, -0.2) is 20.2 Å². The molecular formula is C23H16F3N5. The van der Waals surface area contributed by atoms with Crippen LogP contribution >= 0.6 is 0 Å². The Hall–Kier alpha value is -3.94. The Balaban J connectivity index is 1.70. The van der Waals surface area contributed by atoms with Gasteiger partial charge in [-0.25, -0.2) is 9.97 Å². The van der Waals surface area contributed by atoms with Crippen LogP contribution in [0, 0.1) is 6.92 Å². The van der Waals surface area contributed by atoms with E-state index in [1.54, 1.807) is 18.2 Å². The molecule has 0 aliphatic carbocycles. The molecule has 0 unspecified atom stereocenters. The SMILES string of the molecule is Cc1ccc2[nH]nc(Nc3nc(-c4ccccc4C(F)(F)F)nc4ccccc34)c2c1. The molecule has 0 radical (unpaired) electrons. The summed E-state index contributed by atoms with van der Waals surface area (Å²) in [6.07, 6.45) is -4.52. The summed E-state index contributed by atoms with van der Waals surface area (Å²) < 4.78 is 40.7. The van der Waals surface area contributed by atoms with Crippen molar-refractivity contribution in [3.05, 3.63) is 77.9 Å². The predicted octanol–water partition coefficient (Wildman–Crippen LogP) is 6.24. The second-order valence-corrected chi connectivity index (χ2v) is 7.20. The molecule has 31 heavy (non-hydrogen) atoms. The van der Waals surface area contributed by atoms with Crippen molar-refractivity contribution in [1.29, 1.82) is 0 Å². The fourth-order valence-corrected chi connectivity index (χ4v) is 3.55. The number of fused-ring (bicyclic) bond motifs is 2. The molecule has 0 saturated heterocycles. The van der Waals surface area contributed by atoms with Gasteiger partial charge in [-0.1, -0.05) is 42.0 Å². The van der Waals surface area contributed by atoms with Crippen LogP contribution in [0.15, 0.2) is 66.7 Å². The van der Waals surface area contributed by atoms with Crippen LogP contribution in [0.1, 0.15) is 11.1 Å². The average molecular weight is 419 g/mol. The highest BCUT2D eigenvalue weighted by Gasteiger charge is 2.34. The molecular weight excluding hydrogens is 403 g/mol. The molecule has 2 heterocycles. The van der Waals surface area contributed by atoms with Gasteiger partial charge in [0.25, 0.3) is 0 Å². The summed E-state index contributed by atoms with van der Waals surface area (Å²) >= 11 is 0. The van der Waals surface area contributed by atoms with Gasteiger partial charge in [-0.15, -0.1) is 0 Å². The molecule has 5 aromatic rings. The number of aromatic amines is 1. The van der Waals surface area contributed by atoms with Crippen LogP contribution in [0.5, 0.6) is 0 Å². The average Bonchev–Trinajstić information content (AvgIpc) is 3.15. The highest BCUT2D eigenvalue weighted by Crippen LogP contribution is 2.37. The normalized spacial score (nSPS) is 11.9. The van der Waals surface area contributed by atoms with E-state index >= 15 is 0 Å². The molecule has 0 fully saturated rings. The third kappa shape index (κ3) is 3.46. The summed E-state index contributed by atoms with van der Waals surface area (Å²) in [7, 11) is 0. The number of aromatic nitrogens is 4. The molecule has 0 aliphatic rings. The number of para-hydroxylation sites is 1. The zero-order chi connectivity index (χ0) is 21.6. The van der Waals surface area contributed by atoms with E-state index < -0.39 is 11.7 Å². The molecule has 0 atom stereocenters. The van der Waals surface area contributed by atoms with Gasteiger partial charge in [-0.3, -0.25) is 5.10 Å². The Morgan fingerprint density at radius 1 is 0.839 bits per heavy atom. The zero-order valence-corrected chi connectivity index (χ0v) is 16.3. The lowest BCUT2D eigenvalue weighted by atomic mass is 10.1. The summed E-state index contributed by atoms with van der Waals surface area (Å²) in [6, 6.07) is 18.3. The molecule has 2 aromatic heterocycles. The molecule has 2 N–H and O–H groups in total. The molecule has 5 nitrogen and oxygen atoms in total. The van der Waals surface area contributed by atoms with Crippen LogP contribution in [0.4, 0.5) is 24.8 Å². The Bertz CT molecular complexity index is 1420. The molecule has 0 aliphatic heterocycles. The Morgan fingerprint density at radius 2 is 1.61 bits per heavy atom. The monoisotopic (exact) mass is 419 g/mol. The van der Waals surface area contributed by atoms with Gasteiger partial charge in [-0.2, -0.15) is 18.3 Å². The molecule has 0 saturated carbocycles. The predicted molar refractivity (Wildman–Crippen MR) is 114 cm³/mol. The maximum absolute atomic E-state index is 13.6. The Labute approximate surface area is 175 Å². The van der Waals surface area contributed by atoms with Crippen molar-refractivity contribution >= 4 is 33.4 Å². The van der Waals surface area contributed by atoms with E-state index in [1.165, 1.54) is 12.1 Å². The first kappa shape index (κ1) is 19.0. The number of nitrogens with zero attached hydrogens (tertiary/aromatic N) is 3. The van der Waals surface area contributed by atoms with Crippen molar-refractivity contribution in [3.8, 4) is 11.4 Å². The topological polar surface area (TPSA) is 66.5 Å². The number of alkyl halides is 3. The summed E-state index contributed by atoms with van der Waals surface area (Å²) in [5, 5.41) is 12.0. The number of hydrogen-bond donors (Lipinski definition) is 2. The lowest BCUT2D eigenvalue weighted by Gasteiger charge is -2.14. The Kier molecular flexibility index (Phi) is 4.35. The van der Waals surface area contributed by atoms with Gasteiger partial charge < -0.3 is 5.32 Å². The molecule has 154 valence electrons. The van der Waals surface area contributed by atoms with Crippen LogP contribution in [-0.2, 0) is 6.18 Å². The lowest BCUT2D eigenvalue weighted by Crippen LogP contribution is -2.08. The van der Waals surface area contributed by atoms with E-state index in [9.17, 15) is 13.2 Å². The zero-order valence-electron chi connectivity index (χ0n) is 16.3. The molecule has 3 aromatic carbocycles. The van der Waals surface area contributed by atoms with E-state index in [0.29, 0.717) is 22.5 Å². The van der Waals surface area contributed by atoms with Gasteiger partial charge >= 0.3 is 6.18 Å². The number of hydrogen-bond acceptors (Lipinski definition) is 4. The van der Waals surface area contributed by atoms with Crippen LogP contribution in [0.25, 0.3) is 33.2 Å². The first-order chi connectivity index (χ1) is 14.9. The Morgan fingerprint density at radius 3 is 2.45 bits per heavy atom. The summed E-state index contributed by atoms with van der Waals surface area (Å²) in [5.74, 6) is 0.912. The van der Waals surface area contributed by atoms with Gasteiger partial charge in [0.15, 0.2) is 11.6 Å². The van der Waals surface area contributed by atoms with Crippen molar-refractivity contribution in [3.63, 3.8) is 0 Å². The molecule has 0 spiro atoms. The number of H-pyrrole nitrogens is 1. The molecule has 8 heteroatoms. The smallest absolute Gasteiger partial charge is 0.322 e. The minimum atomic E-state index is -4.52. The second kappa shape index (κ2) is 7.09. The van der Waals surface area contributed by atoms with Crippen LogP contribution in [0.3, 0.4) is 0 Å². The number of anilines is 2. The van der Waals surface area contributed by atoms with Crippen molar-refractivity contribution in [1.82, 2.24) is 20.2 Å². The van der Waals surface area contributed by atoms with E-state index in [1.807, 2.05) is 37.3 Å². The fourth-order valence-electron chi connectivity index (χ4n) is 3.55. The van der Waals surface area contributed by atoms with E-state index in [-0.39, 0.29) is 11.4 Å². The van der Waals surface area contributed by atoms with E-state index in [4.69, 9.17) is 0 Å².